The minimum absolute atomic E-state index is 0.179. The van der Waals surface area contributed by atoms with Gasteiger partial charge >= 0.3 is 0 Å². The van der Waals surface area contributed by atoms with E-state index in [1.54, 1.807) is 12.1 Å². The molecule has 0 aliphatic rings. The molecule has 122 valence electrons. The summed E-state index contributed by atoms with van der Waals surface area (Å²) in [7, 11) is -3.53. The SMILES string of the molecule is CCCSc1c(C(N)=O)ccc(-c2ccccc2)c1S(C)(=O)=O. The highest BCUT2D eigenvalue weighted by Crippen LogP contribution is 2.38. The van der Waals surface area contributed by atoms with Gasteiger partial charge in [0, 0.05) is 16.7 Å². The van der Waals surface area contributed by atoms with Gasteiger partial charge in [-0.25, -0.2) is 8.42 Å². The van der Waals surface area contributed by atoms with E-state index in [1.807, 2.05) is 37.3 Å². The first-order chi connectivity index (χ1) is 10.9. The Kier molecular flexibility index (Phi) is 5.49. The number of thioether (sulfide) groups is 1. The normalized spacial score (nSPS) is 11.4. The van der Waals surface area contributed by atoms with Gasteiger partial charge in [-0.2, -0.15) is 0 Å². The Labute approximate surface area is 141 Å². The van der Waals surface area contributed by atoms with E-state index < -0.39 is 15.7 Å². The summed E-state index contributed by atoms with van der Waals surface area (Å²) in [5, 5.41) is 0. The lowest BCUT2D eigenvalue weighted by Gasteiger charge is -2.16. The summed E-state index contributed by atoms with van der Waals surface area (Å²) in [5.41, 5.74) is 7.08. The van der Waals surface area contributed by atoms with Crippen LogP contribution >= 0.6 is 11.8 Å². The van der Waals surface area contributed by atoms with E-state index in [2.05, 4.69) is 0 Å². The van der Waals surface area contributed by atoms with Gasteiger partial charge in [0.15, 0.2) is 9.84 Å². The molecule has 0 fully saturated rings. The molecule has 2 N–H and O–H groups in total. The van der Waals surface area contributed by atoms with Gasteiger partial charge in [0.25, 0.3) is 0 Å². The van der Waals surface area contributed by atoms with Crippen molar-refractivity contribution in [1.82, 2.24) is 0 Å². The van der Waals surface area contributed by atoms with Gasteiger partial charge in [0.2, 0.25) is 5.91 Å². The monoisotopic (exact) mass is 349 g/mol. The Bertz CT molecular complexity index is 815. The first kappa shape index (κ1) is 17.6. The summed E-state index contributed by atoms with van der Waals surface area (Å²) in [5.74, 6) is 0.0919. The Hall–Kier alpha value is -1.79. The predicted molar refractivity (Wildman–Crippen MR) is 94.5 cm³/mol. The van der Waals surface area contributed by atoms with Crippen LogP contribution in [-0.4, -0.2) is 26.3 Å². The van der Waals surface area contributed by atoms with Crippen LogP contribution in [0, 0.1) is 0 Å². The Balaban J connectivity index is 2.81. The minimum atomic E-state index is -3.53. The summed E-state index contributed by atoms with van der Waals surface area (Å²) in [6.45, 7) is 2.00. The molecule has 0 spiro atoms. The fourth-order valence-electron chi connectivity index (χ4n) is 2.32. The summed E-state index contributed by atoms with van der Waals surface area (Å²) in [4.78, 5) is 12.4. The quantitative estimate of drug-likeness (QED) is 0.811. The molecular weight excluding hydrogens is 330 g/mol. The standard InChI is InChI=1S/C17H19NO3S2/c1-3-11-22-15-14(17(18)19)10-9-13(16(15)23(2,20)21)12-7-5-4-6-8-12/h4-10H,3,11H2,1-2H3,(H2,18,19). The number of carbonyl (C=O) groups excluding carboxylic acids is 1. The van der Waals surface area contributed by atoms with Crippen LogP contribution in [0.2, 0.25) is 0 Å². The highest BCUT2D eigenvalue weighted by atomic mass is 32.2. The van der Waals surface area contributed by atoms with Crippen LogP contribution in [0.3, 0.4) is 0 Å². The Morgan fingerprint density at radius 1 is 1.13 bits per heavy atom. The maximum absolute atomic E-state index is 12.4. The molecule has 1 amide bonds. The maximum Gasteiger partial charge on any atom is 0.249 e. The second-order valence-corrected chi connectivity index (χ2v) is 8.23. The second-order valence-electron chi connectivity index (χ2n) is 5.17. The van der Waals surface area contributed by atoms with Crippen LogP contribution in [-0.2, 0) is 9.84 Å². The number of amides is 1. The third-order valence-electron chi connectivity index (χ3n) is 3.28. The fraction of sp³-hybridized carbons (Fsp3) is 0.235. The number of benzene rings is 2. The second kappa shape index (κ2) is 7.19. The molecule has 0 saturated carbocycles. The van der Waals surface area contributed by atoms with Crippen molar-refractivity contribution in [3.05, 3.63) is 48.0 Å². The molecule has 23 heavy (non-hydrogen) atoms. The van der Waals surface area contributed by atoms with Crippen LogP contribution < -0.4 is 5.73 Å². The summed E-state index contributed by atoms with van der Waals surface area (Å²) in [6.07, 6.45) is 2.02. The number of sulfone groups is 1. The van der Waals surface area contributed by atoms with Crippen molar-refractivity contribution in [2.45, 2.75) is 23.1 Å². The van der Waals surface area contributed by atoms with Crippen molar-refractivity contribution in [3.8, 4) is 11.1 Å². The highest BCUT2D eigenvalue weighted by molar-refractivity contribution is 8.00. The first-order valence-corrected chi connectivity index (χ1v) is 10.1. The lowest BCUT2D eigenvalue weighted by molar-refractivity contribution is 0.0997. The zero-order valence-electron chi connectivity index (χ0n) is 13.1. The Morgan fingerprint density at radius 2 is 1.78 bits per heavy atom. The highest BCUT2D eigenvalue weighted by Gasteiger charge is 2.24. The number of hydrogen-bond donors (Lipinski definition) is 1. The largest absolute Gasteiger partial charge is 0.366 e. The lowest BCUT2D eigenvalue weighted by atomic mass is 10.0. The molecule has 2 aromatic rings. The summed E-state index contributed by atoms with van der Waals surface area (Å²) < 4.78 is 24.8. The average molecular weight is 349 g/mol. The van der Waals surface area contributed by atoms with Crippen molar-refractivity contribution in [2.75, 3.05) is 12.0 Å². The molecule has 2 aromatic carbocycles. The molecule has 2 rings (SSSR count). The van der Waals surface area contributed by atoms with E-state index in [9.17, 15) is 13.2 Å². The maximum atomic E-state index is 12.4. The van der Waals surface area contributed by atoms with Gasteiger partial charge in [0.05, 0.1) is 10.5 Å². The first-order valence-electron chi connectivity index (χ1n) is 7.21. The summed E-state index contributed by atoms with van der Waals surface area (Å²) >= 11 is 1.36. The van der Waals surface area contributed by atoms with Crippen molar-refractivity contribution in [3.63, 3.8) is 0 Å². The number of rotatable bonds is 6. The number of nitrogens with two attached hydrogens (primary N) is 1. The van der Waals surface area contributed by atoms with E-state index in [4.69, 9.17) is 5.73 Å². The predicted octanol–water partition coefficient (Wildman–Crippen LogP) is 3.36. The van der Waals surface area contributed by atoms with Crippen molar-refractivity contribution < 1.29 is 13.2 Å². The van der Waals surface area contributed by atoms with E-state index in [1.165, 1.54) is 11.8 Å². The van der Waals surface area contributed by atoms with E-state index in [-0.39, 0.29) is 10.5 Å². The van der Waals surface area contributed by atoms with Gasteiger partial charge < -0.3 is 5.73 Å². The van der Waals surface area contributed by atoms with Gasteiger partial charge in [0.1, 0.15) is 0 Å². The lowest BCUT2D eigenvalue weighted by Crippen LogP contribution is -2.15. The van der Waals surface area contributed by atoms with Gasteiger partial charge in [-0.05, 0) is 23.8 Å². The number of primary amides is 1. The fourth-order valence-corrected chi connectivity index (χ4v) is 4.95. The number of carbonyl (C=O) groups is 1. The molecule has 0 radical (unpaired) electrons. The van der Waals surface area contributed by atoms with Gasteiger partial charge in [-0.3, -0.25) is 4.79 Å². The summed E-state index contributed by atoms with van der Waals surface area (Å²) in [6, 6.07) is 12.5. The van der Waals surface area contributed by atoms with Crippen LogP contribution in [0.15, 0.2) is 52.3 Å². The van der Waals surface area contributed by atoms with Gasteiger partial charge in [-0.15, -0.1) is 11.8 Å². The zero-order chi connectivity index (χ0) is 17.0. The smallest absolute Gasteiger partial charge is 0.249 e. The Morgan fingerprint density at radius 3 is 2.30 bits per heavy atom. The van der Waals surface area contributed by atoms with E-state index in [0.29, 0.717) is 16.2 Å². The van der Waals surface area contributed by atoms with Crippen LogP contribution in [0.1, 0.15) is 23.7 Å². The number of hydrogen-bond acceptors (Lipinski definition) is 4. The molecule has 0 aliphatic heterocycles. The molecule has 0 atom stereocenters. The molecule has 4 nitrogen and oxygen atoms in total. The third kappa shape index (κ3) is 3.95. The van der Waals surface area contributed by atoms with Crippen molar-refractivity contribution in [2.24, 2.45) is 5.73 Å². The van der Waals surface area contributed by atoms with Crippen LogP contribution in [0.4, 0.5) is 0 Å². The topological polar surface area (TPSA) is 77.2 Å². The molecule has 0 saturated heterocycles. The molecule has 0 unspecified atom stereocenters. The molecular formula is C17H19NO3S2. The minimum Gasteiger partial charge on any atom is -0.366 e. The third-order valence-corrected chi connectivity index (χ3v) is 5.90. The van der Waals surface area contributed by atoms with Crippen LogP contribution in [0.5, 0.6) is 0 Å². The molecule has 0 heterocycles. The van der Waals surface area contributed by atoms with Gasteiger partial charge in [-0.1, -0.05) is 43.3 Å². The van der Waals surface area contributed by atoms with Crippen molar-refractivity contribution >= 4 is 27.5 Å². The molecule has 0 aliphatic carbocycles. The van der Waals surface area contributed by atoms with Crippen LogP contribution in [0.25, 0.3) is 11.1 Å². The molecule has 6 heteroatoms. The average Bonchev–Trinajstić information content (AvgIpc) is 2.51. The van der Waals surface area contributed by atoms with E-state index >= 15 is 0 Å². The zero-order valence-corrected chi connectivity index (χ0v) is 14.7. The van der Waals surface area contributed by atoms with Crippen molar-refractivity contribution in [1.29, 1.82) is 0 Å². The molecule has 0 aromatic heterocycles. The van der Waals surface area contributed by atoms with E-state index in [0.717, 1.165) is 18.2 Å². The molecule has 0 bridgehead atoms.